The molecular weight excluding hydrogens is 571 g/mol. The number of benzene rings is 2. The Morgan fingerprint density at radius 2 is 1.75 bits per heavy atom. The van der Waals surface area contributed by atoms with E-state index in [2.05, 4.69) is 20.6 Å². The van der Waals surface area contributed by atoms with Crippen LogP contribution in [0, 0.1) is 0 Å². The normalized spacial score (nSPS) is 11.9. The van der Waals surface area contributed by atoms with Crippen molar-refractivity contribution in [1.82, 2.24) is 15.3 Å². The van der Waals surface area contributed by atoms with Crippen molar-refractivity contribution in [3.63, 3.8) is 0 Å². The lowest BCUT2D eigenvalue weighted by molar-refractivity contribution is -0.173. The first kappa shape index (κ1) is 31.0. The quantitative estimate of drug-likeness (QED) is 0.252. The number of sulfone groups is 1. The van der Waals surface area contributed by atoms with Gasteiger partial charge in [-0.3, -0.25) is 4.79 Å². The molecular formula is C26H29ClF3N5O4S. The van der Waals surface area contributed by atoms with E-state index in [1.54, 1.807) is 50.2 Å². The Kier molecular flexibility index (Phi) is 9.85. The molecule has 0 aliphatic carbocycles. The van der Waals surface area contributed by atoms with E-state index in [-0.39, 0.29) is 46.4 Å². The molecule has 0 aliphatic heterocycles. The highest BCUT2D eigenvalue weighted by atomic mass is 35.5. The molecule has 2 aromatic carbocycles. The average molecular weight is 600 g/mol. The van der Waals surface area contributed by atoms with E-state index in [0.717, 1.165) is 0 Å². The van der Waals surface area contributed by atoms with Crippen LogP contribution in [0.15, 0.2) is 53.6 Å². The van der Waals surface area contributed by atoms with Gasteiger partial charge in [0.2, 0.25) is 5.95 Å². The highest BCUT2D eigenvalue weighted by molar-refractivity contribution is 7.92. The number of amides is 1. The molecule has 14 heteroatoms. The highest BCUT2D eigenvalue weighted by Crippen LogP contribution is 2.33. The molecule has 0 bridgehead atoms. The molecule has 1 heterocycles. The predicted molar refractivity (Wildman–Crippen MR) is 147 cm³/mol. The summed E-state index contributed by atoms with van der Waals surface area (Å²) in [5.41, 5.74) is 1.32. The molecule has 0 saturated carbocycles. The molecule has 0 unspecified atom stereocenters. The minimum Gasteiger partial charge on any atom is -0.489 e. The van der Waals surface area contributed by atoms with Crippen LogP contribution in [0.3, 0.4) is 0 Å². The maximum absolute atomic E-state index is 12.8. The van der Waals surface area contributed by atoms with Crippen molar-refractivity contribution in [2.45, 2.75) is 56.5 Å². The van der Waals surface area contributed by atoms with Gasteiger partial charge in [-0.2, -0.15) is 18.2 Å². The molecule has 216 valence electrons. The predicted octanol–water partition coefficient (Wildman–Crippen LogP) is 5.81. The third-order valence-corrected chi connectivity index (χ3v) is 7.91. The van der Waals surface area contributed by atoms with Crippen LogP contribution < -0.4 is 20.7 Å². The van der Waals surface area contributed by atoms with Crippen LogP contribution in [0.2, 0.25) is 5.02 Å². The number of carbonyl (C=O) groups is 1. The number of para-hydroxylation sites is 1. The maximum Gasteiger partial charge on any atom is 0.471 e. The fraction of sp³-hybridized carbons (Fsp3) is 0.346. The van der Waals surface area contributed by atoms with Crippen molar-refractivity contribution in [3.8, 4) is 5.75 Å². The van der Waals surface area contributed by atoms with E-state index in [4.69, 9.17) is 16.3 Å². The number of ether oxygens (including phenoxy) is 1. The molecule has 0 saturated heterocycles. The van der Waals surface area contributed by atoms with E-state index in [1.165, 1.54) is 12.3 Å². The van der Waals surface area contributed by atoms with Crippen molar-refractivity contribution in [2.75, 3.05) is 17.2 Å². The van der Waals surface area contributed by atoms with Gasteiger partial charge in [0.1, 0.15) is 10.8 Å². The van der Waals surface area contributed by atoms with Crippen molar-refractivity contribution in [2.24, 2.45) is 0 Å². The second kappa shape index (κ2) is 12.7. The number of anilines is 4. The summed E-state index contributed by atoms with van der Waals surface area (Å²) in [6.45, 7) is 6.59. The second-order valence-electron chi connectivity index (χ2n) is 9.23. The topological polar surface area (TPSA) is 122 Å². The lowest BCUT2D eigenvalue weighted by Crippen LogP contribution is -2.37. The third kappa shape index (κ3) is 7.98. The van der Waals surface area contributed by atoms with Crippen LogP contribution >= 0.6 is 11.6 Å². The Morgan fingerprint density at radius 3 is 2.40 bits per heavy atom. The molecule has 0 radical (unpaired) electrons. The number of alkyl halides is 3. The Labute approximate surface area is 235 Å². The second-order valence-corrected chi connectivity index (χ2v) is 12.1. The van der Waals surface area contributed by atoms with Crippen LogP contribution in [0.25, 0.3) is 0 Å². The van der Waals surface area contributed by atoms with Crippen molar-refractivity contribution >= 4 is 50.5 Å². The number of hydrogen-bond acceptors (Lipinski definition) is 8. The lowest BCUT2D eigenvalue weighted by atomic mass is 10.1. The van der Waals surface area contributed by atoms with Crippen molar-refractivity contribution < 1.29 is 31.1 Å². The smallest absolute Gasteiger partial charge is 0.471 e. The van der Waals surface area contributed by atoms with Crippen molar-refractivity contribution in [1.29, 1.82) is 0 Å². The van der Waals surface area contributed by atoms with E-state index >= 15 is 0 Å². The zero-order valence-corrected chi connectivity index (χ0v) is 23.7. The number of halogens is 4. The van der Waals surface area contributed by atoms with Gasteiger partial charge in [-0.15, -0.1) is 0 Å². The van der Waals surface area contributed by atoms with Crippen molar-refractivity contribution in [3.05, 3.63) is 59.2 Å². The average Bonchev–Trinajstić information content (AvgIpc) is 2.86. The minimum absolute atomic E-state index is 0.0899. The summed E-state index contributed by atoms with van der Waals surface area (Å²) in [4.78, 5) is 19.8. The van der Waals surface area contributed by atoms with Gasteiger partial charge < -0.3 is 20.7 Å². The van der Waals surface area contributed by atoms with E-state index in [9.17, 15) is 26.4 Å². The van der Waals surface area contributed by atoms with Gasteiger partial charge in [0.05, 0.1) is 33.8 Å². The molecule has 0 atom stereocenters. The summed E-state index contributed by atoms with van der Waals surface area (Å²) < 4.78 is 68.9. The maximum atomic E-state index is 12.8. The minimum atomic E-state index is -4.96. The summed E-state index contributed by atoms with van der Waals surface area (Å²) in [5.74, 6) is -1.35. The molecule has 3 N–H and O–H groups in total. The molecule has 40 heavy (non-hydrogen) atoms. The fourth-order valence-corrected chi connectivity index (χ4v) is 4.78. The molecule has 1 aromatic heterocycles. The molecule has 9 nitrogen and oxygen atoms in total. The van der Waals surface area contributed by atoms with Crippen LogP contribution in [0.5, 0.6) is 5.75 Å². The number of rotatable bonds is 11. The Morgan fingerprint density at radius 1 is 1.05 bits per heavy atom. The highest BCUT2D eigenvalue weighted by Gasteiger charge is 2.38. The van der Waals surface area contributed by atoms with Gasteiger partial charge in [-0.1, -0.05) is 29.8 Å². The summed E-state index contributed by atoms with van der Waals surface area (Å²) in [6, 6.07) is 11.3. The molecule has 0 aliphatic rings. The molecule has 1 amide bonds. The van der Waals surface area contributed by atoms with Gasteiger partial charge in [0, 0.05) is 6.54 Å². The fourth-order valence-electron chi connectivity index (χ4n) is 3.44. The van der Waals surface area contributed by atoms with E-state index < -0.39 is 27.2 Å². The Balaban J connectivity index is 1.88. The Hall–Kier alpha value is -3.58. The summed E-state index contributed by atoms with van der Waals surface area (Å²) in [7, 11) is -3.61. The summed E-state index contributed by atoms with van der Waals surface area (Å²) in [6.07, 6.45) is -3.70. The molecule has 3 aromatic rings. The van der Waals surface area contributed by atoms with E-state index in [0.29, 0.717) is 17.0 Å². The molecule has 3 rings (SSSR count). The summed E-state index contributed by atoms with van der Waals surface area (Å²) >= 11 is 6.31. The van der Waals surface area contributed by atoms with Gasteiger partial charge in [0.15, 0.2) is 15.7 Å². The zero-order valence-electron chi connectivity index (χ0n) is 22.1. The standard InChI is InChI=1S/C26H29ClF3N5O4S/c1-15(2)39-21-10-9-17(11-12-31-24(36)26(28,29)30)13-20(21)34-25-32-14-18(27)23(35-25)33-19-7-5-6-8-22(19)40(37,38)16(3)4/h5-10,13-16H,11-12H2,1-4H3,(H,31,36)(H2,32,33,34,35). The number of hydrogen-bond donors (Lipinski definition) is 3. The first-order valence-corrected chi connectivity index (χ1v) is 14.1. The van der Waals surface area contributed by atoms with Crippen LogP contribution in [-0.4, -0.2) is 48.4 Å². The summed E-state index contributed by atoms with van der Waals surface area (Å²) in [5, 5.41) is 7.32. The monoisotopic (exact) mass is 599 g/mol. The number of carbonyl (C=O) groups excluding carboxylic acids is 1. The number of nitrogens with one attached hydrogen (secondary N) is 3. The van der Waals surface area contributed by atoms with E-state index in [1.807, 2.05) is 19.2 Å². The SMILES string of the molecule is CC(C)Oc1ccc(CCNC(=O)C(F)(F)F)cc1Nc1ncc(Cl)c(Nc2ccccc2S(=O)(=O)C(C)C)n1. The Bertz CT molecular complexity index is 1470. The zero-order chi connectivity index (χ0) is 29.7. The first-order valence-electron chi connectivity index (χ1n) is 12.2. The third-order valence-electron chi connectivity index (χ3n) is 5.42. The van der Waals surface area contributed by atoms with Crippen LogP contribution in [0.4, 0.5) is 36.3 Å². The largest absolute Gasteiger partial charge is 0.489 e. The van der Waals surface area contributed by atoms with Crippen LogP contribution in [-0.2, 0) is 21.1 Å². The van der Waals surface area contributed by atoms with Gasteiger partial charge in [0.25, 0.3) is 0 Å². The lowest BCUT2D eigenvalue weighted by Gasteiger charge is -2.17. The van der Waals surface area contributed by atoms with Crippen LogP contribution in [0.1, 0.15) is 33.3 Å². The number of aromatic nitrogens is 2. The molecule has 0 fully saturated rings. The van der Waals surface area contributed by atoms with Gasteiger partial charge in [-0.25, -0.2) is 13.4 Å². The van der Waals surface area contributed by atoms with Gasteiger partial charge in [-0.05, 0) is 63.9 Å². The number of nitrogens with zero attached hydrogens (tertiary/aromatic N) is 2. The first-order chi connectivity index (χ1) is 18.7. The van der Waals surface area contributed by atoms with Gasteiger partial charge >= 0.3 is 12.1 Å². The molecule has 0 spiro atoms.